The van der Waals surface area contributed by atoms with Gasteiger partial charge in [0.1, 0.15) is 0 Å². The number of ether oxygens (including phenoxy) is 5. The Morgan fingerprint density at radius 2 is 0.958 bits per heavy atom. The van der Waals surface area contributed by atoms with Crippen LogP contribution in [-0.4, -0.2) is 65.6 Å². The van der Waals surface area contributed by atoms with Gasteiger partial charge in [0, 0.05) is 6.61 Å². The van der Waals surface area contributed by atoms with Gasteiger partial charge in [-0.1, -0.05) is 34.1 Å². The van der Waals surface area contributed by atoms with Gasteiger partial charge >= 0.3 is 0 Å². The first-order valence-electron chi connectivity index (χ1n) is 9.05. The van der Waals surface area contributed by atoms with Gasteiger partial charge in [0.15, 0.2) is 0 Å². The van der Waals surface area contributed by atoms with Crippen molar-refractivity contribution in [2.75, 3.05) is 59.5 Å². The minimum Gasteiger partial charge on any atom is -0.379 e. The summed E-state index contributed by atoms with van der Waals surface area (Å²) in [6.07, 6.45) is 3.93. The highest BCUT2D eigenvalue weighted by atomic mass is 16.6. The topological polar surface area (TPSA) is 46.2 Å². The Kier molecular flexibility index (Phi) is 22.6. The molecule has 0 heterocycles. The van der Waals surface area contributed by atoms with Crippen LogP contribution in [0.15, 0.2) is 0 Å². The van der Waals surface area contributed by atoms with E-state index in [0.717, 1.165) is 18.9 Å². The molecule has 0 unspecified atom stereocenters. The van der Waals surface area contributed by atoms with E-state index in [9.17, 15) is 0 Å². The van der Waals surface area contributed by atoms with E-state index in [0.29, 0.717) is 52.9 Å². The number of hydrogen-bond acceptors (Lipinski definition) is 5. The minimum absolute atomic E-state index is 0. The SMILES string of the molecule is C.CC(C)CCCCOCCOCCOCCOCCOC(C)C. The van der Waals surface area contributed by atoms with E-state index < -0.39 is 0 Å². The Labute approximate surface area is 150 Å². The van der Waals surface area contributed by atoms with E-state index in [4.69, 9.17) is 23.7 Å². The zero-order chi connectivity index (χ0) is 17.2. The fourth-order valence-corrected chi connectivity index (χ4v) is 1.86. The molecule has 0 saturated carbocycles. The Hall–Kier alpha value is -0.200. The Balaban J connectivity index is 0. The van der Waals surface area contributed by atoms with Crippen LogP contribution in [0.3, 0.4) is 0 Å². The van der Waals surface area contributed by atoms with Gasteiger partial charge in [-0.3, -0.25) is 0 Å². The molecular formula is C19H42O5. The highest BCUT2D eigenvalue weighted by Gasteiger charge is 1.96. The van der Waals surface area contributed by atoms with Crippen molar-refractivity contribution in [3.05, 3.63) is 0 Å². The zero-order valence-corrected chi connectivity index (χ0v) is 15.7. The summed E-state index contributed by atoms with van der Waals surface area (Å²) in [7, 11) is 0. The van der Waals surface area contributed by atoms with Gasteiger partial charge in [0.25, 0.3) is 0 Å². The van der Waals surface area contributed by atoms with E-state index in [1.807, 2.05) is 13.8 Å². The summed E-state index contributed by atoms with van der Waals surface area (Å²) < 4.78 is 27.1. The molecule has 0 saturated heterocycles. The maximum atomic E-state index is 5.52. The molecule has 0 aromatic carbocycles. The van der Waals surface area contributed by atoms with Crippen LogP contribution in [0.2, 0.25) is 0 Å². The molecular weight excluding hydrogens is 308 g/mol. The van der Waals surface area contributed by atoms with Crippen molar-refractivity contribution in [3.8, 4) is 0 Å². The summed E-state index contributed by atoms with van der Waals surface area (Å²) in [4.78, 5) is 0. The van der Waals surface area contributed by atoms with Gasteiger partial charge < -0.3 is 23.7 Å². The third-order valence-corrected chi connectivity index (χ3v) is 3.12. The van der Waals surface area contributed by atoms with Crippen LogP contribution in [0.1, 0.15) is 54.4 Å². The second kappa shape index (κ2) is 20.8. The van der Waals surface area contributed by atoms with Crippen LogP contribution in [0, 0.1) is 5.92 Å². The van der Waals surface area contributed by atoms with Crippen molar-refractivity contribution >= 4 is 0 Å². The van der Waals surface area contributed by atoms with E-state index in [1.165, 1.54) is 12.8 Å². The normalized spacial score (nSPS) is 11.2. The Morgan fingerprint density at radius 1 is 0.542 bits per heavy atom. The summed E-state index contributed by atoms with van der Waals surface area (Å²) in [5.74, 6) is 0.789. The molecule has 0 bridgehead atoms. The maximum Gasteiger partial charge on any atom is 0.0703 e. The van der Waals surface area contributed by atoms with Gasteiger partial charge in [-0.15, -0.1) is 0 Å². The summed E-state index contributed by atoms with van der Waals surface area (Å²) in [6.45, 7) is 14.3. The predicted molar refractivity (Wildman–Crippen MR) is 99.8 cm³/mol. The average Bonchev–Trinajstić information content (AvgIpc) is 2.49. The fraction of sp³-hybridized carbons (Fsp3) is 1.00. The van der Waals surface area contributed by atoms with E-state index >= 15 is 0 Å². The van der Waals surface area contributed by atoms with Crippen molar-refractivity contribution in [3.63, 3.8) is 0 Å². The lowest BCUT2D eigenvalue weighted by Crippen LogP contribution is -2.14. The number of hydrogen-bond donors (Lipinski definition) is 0. The van der Waals surface area contributed by atoms with Crippen molar-refractivity contribution < 1.29 is 23.7 Å². The van der Waals surface area contributed by atoms with E-state index in [1.54, 1.807) is 0 Å². The largest absolute Gasteiger partial charge is 0.379 e. The van der Waals surface area contributed by atoms with Crippen LogP contribution in [0.5, 0.6) is 0 Å². The molecule has 0 rings (SSSR count). The number of rotatable bonds is 18. The van der Waals surface area contributed by atoms with Crippen LogP contribution in [0.25, 0.3) is 0 Å². The fourth-order valence-electron chi connectivity index (χ4n) is 1.86. The molecule has 5 nitrogen and oxygen atoms in total. The van der Waals surface area contributed by atoms with Gasteiger partial charge in [-0.05, 0) is 26.2 Å². The summed E-state index contributed by atoms with van der Waals surface area (Å²) >= 11 is 0. The molecule has 0 aromatic rings. The number of unbranched alkanes of at least 4 members (excludes halogenated alkanes) is 1. The van der Waals surface area contributed by atoms with Gasteiger partial charge in [-0.2, -0.15) is 0 Å². The summed E-state index contributed by atoms with van der Waals surface area (Å²) in [6, 6.07) is 0. The van der Waals surface area contributed by atoms with Crippen LogP contribution < -0.4 is 0 Å². The molecule has 0 spiro atoms. The molecule has 0 aliphatic heterocycles. The molecule has 0 radical (unpaired) electrons. The maximum absolute atomic E-state index is 5.52. The molecule has 0 amide bonds. The molecule has 0 aliphatic carbocycles. The van der Waals surface area contributed by atoms with Crippen LogP contribution in [0.4, 0.5) is 0 Å². The molecule has 0 N–H and O–H groups in total. The molecule has 24 heavy (non-hydrogen) atoms. The van der Waals surface area contributed by atoms with E-state index in [-0.39, 0.29) is 13.5 Å². The molecule has 148 valence electrons. The van der Waals surface area contributed by atoms with Crippen LogP contribution in [-0.2, 0) is 23.7 Å². The lowest BCUT2D eigenvalue weighted by molar-refractivity contribution is -0.0177. The lowest BCUT2D eigenvalue weighted by atomic mass is 10.1. The standard InChI is InChI=1S/C18H38O5.CH4/c1-17(2)7-5-6-8-19-9-10-20-11-12-21-13-14-22-15-16-23-18(3)4;/h17-18H,5-16H2,1-4H3;1H4. The average molecular weight is 351 g/mol. The van der Waals surface area contributed by atoms with Crippen molar-refractivity contribution in [2.45, 2.75) is 60.5 Å². The first-order valence-corrected chi connectivity index (χ1v) is 9.05. The Bertz CT molecular complexity index is 200. The molecule has 0 aliphatic rings. The van der Waals surface area contributed by atoms with E-state index in [2.05, 4.69) is 13.8 Å². The highest BCUT2D eigenvalue weighted by molar-refractivity contribution is 4.46. The lowest BCUT2D eigenvalue weighted by Gasteiger charge is -2.09. The van der Waals surface area contributed by atoms with Gasteiger partial charge in [-0.25, -0.2) is 0 Å². The Morgan fingerprint density at radius 3 is 1.38 bits per heavy atom. The molecule has 0 aromatic heterocycles. The highest BCUT2D eigenvalue weighted by Crippen LogP contribution is 2.05. The smallest absolute Gasteiger partial charge is 0.0703 e. The summed E-state index contributed by atoms with van der Waals surface area (Å²) in [5, 5.41) is 0. The summed E-state index contributed by atoms with van der Waals surface area (Å²) in [5.41, 5.74) is 0. The van der Waals surface area contributed by atoms with Crippen molar-refractivity contribution in [1.82, 2.24) is 0 Å². The predicted octanol–water partition coefficient (Wildman–Crippen LogP) is 3.94. The first kappa shape index (κ1) is 26.0. The van der Waals surface area contributed by atoms with Gasteiger partial charge in [0.2, 0.25) is 0 Å². The second-order valence-electron chi connectivity index (χ2n) is 6.26. The first-order chi connectivity index (χ1) is 11.1. The third kappa shape index (κ3) is 24.1. The minimum atomic E-state index is 0. The monoisotopic (exact) mass is 350 g/mol. The third-order valence-electron chi connectivity index (χ3n) is 3.12. The van der Waals surface area contributed by atoms with Crippen molar-refractivity contribution in [1.29, 1.82) is 0 Å². The quantitative estimate of drug-likeness (QED) is 0.350. The molecule has 0 fully saturated rings. The molecule has 0 atom stereocenters. The molecule has 5 heteroatoms. The zero-order valence-electron chi connectivity index (χ0n) is 15.7. The van der Waals surface area contributed by atoms with Gasteiger partial charge in [0.05, 0.1) is 59.0 Å². The van der Waals surface area contributed by atoms with Crippen molar-refractivity contribution in [2.24, 2.45) is 5.92 Å². The van der Waals surface area contributed by atoms with Crippen LogP contribution >= 0.6 is 0 Å². The second-order valence-corrected chi connectivity index (χ2v) is 6.26.